The van der Waals surface area contributed by atoms with Crippen LogP contribution in [0.5, 0.6) is 0 Å². The SMILES string of the molecule is C=C(C)CN(C)c1ccc(C(N)=O)nn1. The summed E-state index contributed by atoms with van der Waals surface area (Å²) in [5.41, 5.74) is 6.25. The Balaban J connectivity index is 2.79. The van der Waals surface area contributed by atoms with Crippen molar-refractivity contribution in [2.75, 3.05) is 18.5 Å². The van der Waals surface area contributed by atoms with E-state index in [1.807, 2.05) is 18.9 Å². The van der Waals surface area contributed by atoms with Crippen LogP contribution in [-0.4, -0.2) is 29.7 Å². The Labute approximate surface area is 88.6 Å². The summed E-state index contributed by atoms with van der Waals surface area (Å²) in [4.78, 5) is 12.6. The van der Waals surface area contributed by atoms with Crippen molar-refractivity contribution in [3.8, 4) is 0 Å². The lowest BCUT2D eigenvalue weighted by atomic mass is 10.3. The molecule has 0 bridgehead atoms. The first-order valence-corrected chi connectivity index (χ1v) is 4.49. The fourth-order valence-electron chi connectivity index (χ4n) is 1.15. The third kappa shape index (κ3) is 3.05. The molecule has 0 aliphatic rings. The van der Waals surface area contributed by atoms with Gasteiger partial charge in [-0.1, -0.05) is 12.2 Å². The van der Waals surface area contributed by atoms with E-state index >= 15 is 0 Å². The lowest BCUT2D eigenvalue weighted by molar-refractivity contribution is 0.0994. The Morgan fingerprint density at radius 1 is 1.53 bits per heavy atom. The molecule has 2 N–H and O–H groups in total. The van der Waals surface area contributed by atoms with Crippen molar-refractivity contribution in [1.82, 2.24) is 10.2 Å². The minimum atomic E-state index is -0.573. The fourth-order valence-corrected chi connectivity index (χ4v) is 1.15. The summed E-state index contributed by atoms with van der Waals surface area (Å²) < 4.78 is 0. The van der Waals surface area contributed by atoms with E-state index < -0.39 is 5.91 Å². The second-order valence-corrected chi connectivity index (χ2v) is 3.45. The quantitative estimate of drug-likeness (QED) is 0.732. The van der Waals surface area contributed by atoms with Gasteiger partial charge < -0.3 is 10.6 Å². The first-order valence-electron chi connectivity index (χ1n) is 4.49. The van der Waals surface area contributed by atoms with Gasteiger partial charge in [0, 0.05) is 13.6 Å². The molecule has 1 amide bonds. The topological polar surface area (TPSA) is 72.1 Å². The predicted molar refractivity (Wildman–Crippen MR) is 58.6 cm³/mol. The van der Waals surface area contributed by atoms with Crippen molar-refractivity contribution >= 4 is 11.7 Å². The summed E-state index contributed by atoms with van der Waals surface area (Å²) >= 11 is 0. The Morgan fingerprint density at radius 3 is 2.60 bits per heavy atom. The van der Waals surface area contributed by atoms with E-state index in [1.54, 1.807) is 12.1 Å². The number of anilines is 1. The third-order valence-corrected chi connectivity index (χ3v) is 1.80. The lowest BCUT2D eigenvalue weighted by Gasteiger charge is -2.17. The van der Waals surface area contributed by atoms with Crippen LogP contribution in [0.25, 0.3) is 0 Å². The average Bonchev–Trinajstić information content (AvgIpc) is 2.17. The number of aromatic nitrogens is 2. The molecular weight excluding hydrogens is 192 g/mol. The molecule has 0 spiro atoms. The molecule has 1 heterocycles. The maximum Gasteiger partial charge on any atom is 0.269 e. The Bertz CT molecular complexity index is 372. The van der Waals surface area contributed by atoms with Crippen LogP contribution in [0.3, 0.4) is 0 Å². The van der Waals surface area contributed by atoms with Crippen molar-refractivity contribution < 1.29 is 4.79 Å². The van der Waals surface area contributed by atoms with Crippen LogP contribution in [0.4, 0.5) is 5.82 Å². The van der Waals surface area contributed by atoms with E-state index in [0.717, 1.165) is 5.57 Å². The summed E-state index contributed by atoms with van der Waals surface area (Å²) in [6, 6.07) is 3.26. The van der Waals surface area contributed by atoms with Gasteiger partial charge in [-0.3, -0.25) is 4.79 Å². The highest BCUT2D eigenvalue weighted by atomic mass is 16.1. The molecule has 80 valence electrons. The number of carbonyl (C=O) groups is 1. The number of hydrogen-bond donors (Lipinski definition) is 1. The molecule has 0 aliphatic heterocycles. The molecule has 0 atom stereocenters. The summed E-state index contributed by atoms with van der Waals surface area (Å²) in [5, 5.41) is 7.60. The zero-order valence-corrected chi connectivity index (χ0v) is 8.90. The van der Waals surface area contributed by atoms with E-state index in [4.69, 9.17) is 5.73 Å². The Kier molecular flexibility index (Phi) is 3.38. The number of rotatable bonds is 4. The molecule has 0 unspecified atom stereocenters. The molecule has 5 nitrogen and oxygen atoms in total. The Morgan fingerprint density at radius 2 is 2.20 bits per heavy atom. The van der Waals surface area contributed by atoms with Crippen molar-refractivity contribution in [3.63, 3.8) is 0 Å². The second-order valence-electron chi connectivity index (χ2n) is 3.45. The molecule has 0 aromatic carbocycles. The zero-order chi connectivity index (χ0) is 11.4. The lowest BCUT2D eigenvalue weighted by Crippen LogP contribution is -2.21. The van der Waals surface area contributed by atoms with Gasteiger partial charge in [0.15, 0.2) is 11.5 Å². The highest BCUT2D eigenvalue weighted by Crippen LogP contribution is 2.08. The van der Waals surface area contributed by atoms with Gasteiger partial charge in [0.25, 0.3) is 5.91 Å². The highest BCUT2D eigenvalue weighted by Gasteiger charge is 2.06. The maximum atomic E-state index is 10.8. The van der Waals surface area contributed by atoms with E-state index in [-0.39, 0.29) is 5.69 Å². The first kappa shape index (κ1) is 11.2. The van der Waals surface area contributed by atoms with Crippen molar-refractivity contribution in [3.05, 3.63) is 30.0 Å². The van der Waals surface area contributed by atoms with Gasteiger partial charge in [-0.05, 0) is 19.1 Å². The van der Waals surface area contributed by atoms with Gasteiger partial charge in [0.1, 0.15) is 0 Å². The fraction of sp³-hybridized carbons (Fsp3) is 0.300. The van der Waals surface area contributed by atoms with Gasteiger partial charge in [-0.25, -0.2) is 0 Å². The average molecular weight is 206 g/mol. The van der Waals surface area contributed by atoms with Crippen LogP contribution < -0.4 is 10.6 Å². The summed E-state index contributed by atoms with van der Waals surface area (Å²) in [6.45, 7) is 6.43. The van der Waals surface area contributed by atoms with Crippen molar-refractivity contribution in [1.29, 1.82) is 0 Å². The van der Waals surface area contributed by atoms with Crippen LogP contribution >= 0.6 is 0 Å². The largest absolute Gasteiger partial charge is 0.364 e. The molecule has 0 saturated heterocycles. The maximum absolute atomic E-state index is 10.8. The van der Waals surface area contributed by atoms with Crippen LogP contribution in [0.15, 0.2) is 24.3 Å². The van der Waals surface area contributed by atoms with Gasteiger partial charge in [0.2, 0.25) is 0 Å². The smallest absolute Gasteiger partial charge is 0.269 e. The number of nitrogens with zero attached hydrogens (tertiary/aromatic N) is 3. The van der Waals surface area contributed by atoms with Gasteiger partial charge in [0.05, 0.1) is 0 Å². The summed E-state index contributed by atoms with van der Waals surface area (Å²) in [5.74, 6) is 0.111. The third-order valence-electron chi connectivity index (χ3n) is 1.80. The molecule has 1 rings (SSSR count). The number of carbonyl (C=O) groups excluding carboxylic acids is 1. The molecule has 0 fully saturated rings. The van der Waals surface area contributed by atoms with Crippen molar-refractivity contribution in [2.45, 2.75) is 6.92 Å². The monoisotopic (exact) mass is 206 g/mol. The zero-order valence-electron chi connectivity index (χ0n) is 8.90. The Hall–Kier alpha value is -1.91. The second kappa shape index (κ2) is 4.54. The number of nitrogens with two attached hydrogens (primary N) is 1. The van der Waals surface area contributed by atoms with Gasteiger partial charge in [-0.15, -0.1) is 10.2 Å². The number of likely N-dealkylation sites (N-methyl/N-ethyl adjacent to an activating group) is 1. The van der Waals surface area contributed by atoms with Gasteiger partial charge >= 0.3 is 0 Å². The summed E-state index contributed by atoms with van der Waals surface area (Å²) in [7, 11) is 1.88. The molecule has 5 heteroatoms. The highest BCUT2D eigenvalue weighted by molar-refractivity contribution is 5.90. The molecule has 0 radical (unpaired) electrons. The molecule has 1 aromatic rings. The van der Waals surface area contributed by atoms with E-state index in [9.17, 15) is 4.79 Å². The van der Waals surface area contributed by atoms with Crippen LogP contribution in [0, 0.1) is 0 Å². The number of amides is 1. The van der Waals surface area contributed by atoms with Crippen LogP contribution in [-0.2, 0) is 0 Å². The minimum absolute atomic E-state index is 0.169. The van der Waals surface area contributed by atoms with E-state index in [2.05, 4.69) is 16.8 Å². The normalized spacial score (nSPS) is 9.73. The molecule has 0 aliphatic carbocycles. The molecule has 15 heavy (non-hydrogen) atoms. The van der Waals surface area contributed by atoms with Gasteiger partial charge in [-0.2, -0.15) is 0 Å². The van der Waals surface area contributed by atoms with Crippen LogP contribution in [0.2, 0.25) is 0 Å². The molecule has 1 aromatic heterocycles. The molecule has 0 saturated carbocycles. The summed E-state index contributed by atoms with van der Waals surface area (Å²) in [6.07, 6.45) is 0. The standard InChI is InChI=1S/C10H14N4O/c1-7(2)6-14(3)9-5-4-8(10(11)15)12-13-9/h4-5H,1,6H2,2-3H3,(H2,11,15). The minimum Gasteiger partial charge on any atom is -0.364 e. The number of primary amides is 1. The van der Waals surface area contributed by atoms with E-state index in [1.165, 1.54) is 0 Å². The van der Waals surface area contributed by atoms with E-state index in [0.29, 0.717) is 12.4 Å². The van der Waals surface area contributed by atoms with Crippen LogP contribution in [0.1, 0.15) is 17.4 Å². The predicted octanol–water partition coefficient (Wildman–Crippen LogP) is 0.588. The first-order chi connectivity index (χ1) is 7.00. The van der Waals surface area contributed by atoms with Crippen molar-refractivity contribution in [2.24, 2.45) is 5.73 Å². The molecular formula is C10H14N4O. The number of hydrogen-bond acceptors (Lipinski definition) is 4.